The van der Waals surface area contributed by atoms with Crippen LogP contribution in [0.3, 0.4) is 0 Å². The van der Waals surface area contributed by atoms with Crippen LogP contribution in [0.5, 0.6) is 11.5 Å². The number of benzene rings is 1. The first-order valence-corrected chi connectivity index (χ1v) is 8.14. The fourth-order valence-corrected chi connectivity index (χ4v) is 3.01. The highest BCUT2D eigenvalue weighted by molar-refractivity contribution is 7.98. The van der Waals surface area contributed by atoms with Crippen LogP contribution in [0.15, 0.2) is 17.0 Å². The smallest absolute Gasteiger partial charge is 0.161 e. The molecule has 0 aliphatic carbocycles. The summed E-state index contributed by atoms with van der Waals surface area (Å²) >= 11 is 1.66. The Kier molecular flexibility index (Phi) is 5.75. The zero-order chi connectivity index (χ0) is 15.3. The lowest BCUT2D eigenvalue weighted by atomic mass is 10.0. The summed E-state index contributed by atoms with van der Waals surface area (Å²) in [5.41, 5.74) is 0.387. The maximum absolute atomic E-state index is 10.2. The summed E-state index contributed by atoms with van der Waals surface area (Å²) in [6.07, 6.45) is 2.71. The zero-order valence-electron chi connectivity index (χ0n) is 12.8. The zero-order valence-corrected chi connectivity index (χ0v) is 13.6. The third-order valence-corrected chi connectivity index (χ3v) is 4.46. The van der Waals surface area contributed by atoms with Crippen LogP contribution in [-0.4, -0.2) is 50.9 Å². The topological polar surface area (TPSA) is 60.0 Å². The van der Waals surface area contributed by atoms with Gasteiger partial charge in [0.2, 0.25) is 0 Å². The van der Waals surface area contributed by atoms with Gasteiger partial charge in [-0.25, -0.2) is 0 Å². The Morgan fingerprint density at radius 3 is 2.62 bits per heavy atom. The second kappa shape index (κ2) is 7.35. The van der Waals surface area contributed by atoms with Crippen molar-refractivity contribution in [3.8, 4) is 11.5 Å². The molecule has 0 spiro atoms. The van der Waals surface area contributed by atoms with Crippen LogP contribution >= 0.6 is 11.8 Å². The highest BCUT2D eigenvalue weighted by Crippen LogP contribution is 2.34. The molecule has 1 aliphatic heterocycles. The number of hydrogen-bond acceptors (Lipinski definition) is 6. The normalized spacial score (nSPS) is 21.5. The number of hydrogen-bond donors (Lipinski definition) is 2. The van der Waals surface area contributed by atoms with Gasteiger partial charge in [0, 0.05) is 31.0 Å². The Morgan fingerprint density at radius 1 is 1.33 bits per heavy atom. The van der Waals surface area contributed by atoms with Crippen LogP contribution in [0.2, 0.25) is 0 Å². The number of ether oxygens (including phenoxy) is 3. The fourth-order valence-electron chi connectivity index (χ4n) is 2.40. The van der Waals surface area contributed by atoms with Crippen LogP contribution in [0.4, 0.5) is 0 Å². The predicted molar refractivity (Wildman–Crippen MR) is 83.4 cm³/mol. The number of methoxy groups -OCH3 is 2. The Hall–Kier alpha value is -0.950. The summed E-state index contributed by atoms with van der Waals surface area (Å²) in [5, 5.41) is 13.5. The molecular weight excluding hydrogens is 290 g/mol. The summed E-state index contributed by atoms with van der Waals surface area (Å²) in [5.74, 6) is 1.45. The van der Waals surface area contributed by atoms with Gasteiger partial charge in [0.25, 0.3) is 0 Å². The minimum Gasteiger partial charge on any atom is -0.493 e. The van der Waals surface area contributed by atoms with Crippen LogP contribution in [-0.2, 0) is 11.3 Å². The van der Waals surface area contributed by atoms with Gasteiger partial charge in [0.15, 0.2) is 11.5 Å². The Labute approximate surface area is 130 Å². The van der Waals surface area contributed by atoms with Crippen molar-refractivity contribution < 1.29 is 19.3 Å². The van der Waals surface area contributed by atoms with Gasteiger partial charge in [0.1, 0.15) is 5.60 Å². The molecule has 1 fully saturated rings. The summed E-state index contributed by atoms with van der Waals surface area (Å²) in [4.78, 5) is 1.13. The maximum Gasteiger partial charge on any atom is 0.161 e. The molecular formula is C15H23NO4S. The van der Waals surface area contributed by atoms with Gasteiger partial charge >= 0.3 is 0 Å². The predicted octanol–water partition coefficient (Wildman–Crippen LogP) is 1.67. The molecule has 0 aromatic heterocycles. The number of aliphatic hydroxyl groups is 1. The molecule has 118 valence electrons. The molecule has 0 amide bonds. The summed E-state index contributed by atoms with van der Waals surface area (Å²) in [6.45, 7) is 2.22. The molecule has 1 unspecified atom stereocenters. The van der Waals surface area contributed by atoms with Crippen LogP contribution < -0.4 is 14.8 Å². The first-order chi connectivity index (χ1) is 10.1. The molecule has 0 saturated carbocycles. The molecule has 6 heteroatoms. The molecule has 2 rings (SSSR count). The number of nitrogens with one attached hydrogen (secondary N) is 1. The highest BCUT2D eigenvalue weighted by Gasteiger charge is 2.31. The van der Waals surface area contributed by atoms with Crippen molar-refractivity contribution in [3.63, 3.8) is 0 Å². The number of rotatable bonds is 7. The van der Waals surface area contributed by atoms with E-state index in [1.54, 1.807) is 26.0 Å². The van der Waals surface area contributed by atoms with Crippen molar-refractivity contribution in [2.45, 2.75) is 23.5 Å². The SMILES string of the molecule is COc1cc(CNCC2(O)CCOC2)c(SC)cc1OC. The molecule has 1 aromatic carbocycles. The lowest BCUT2D eigenvalue weighted by Gasteiger charge is -2.21. The average Bonchev–Trinajstić information content (AvgIpc) is 2.93. The van der Waals surface area contributed by atoms with E-state index in [1.165, 1.54) is 0 Å². The molecule has 1 aliphatic rings. The highest BCUT2D eigenvalue weighted by atomic mass is 32.2. The van der Waals surface area contributed by atoms with Crippen molar-refractivity contribution >= 4 is 11.8 Å². The first-order valence-electron chi connectivity index (χ1n) is 6.91. The quantitative estimate of drug-likeness (QED) is 0.747. The lowest BCUT2D eigenvalue weighted by Crippen LogP contribution is -2.40. The standard InChI is InChI=1S/C15H23NO4S/c1-18-12-6-11(14(21-3)7-13(12)19-2)8-16-9-15(17)4-5-20-10-15/h6-7,16-17H,4-5,8-10H2,1-3H3. The summed E-state index contributed by atoms with van der Waals surface area (Å²) < 4.78 is 15.9. The van der Waals surface area contributed by atoms with Crippen LogP contribution in [0.25, 0.3) is 0 Å². The van der Waals surface area contributed by atoms with Crippen molar-refractivity contribution in [1.29, 1.82) is 0 Å². The summed E-state index contributed by atoms with van der Waals surface area (Å²) in [7, 11) is 3.27. The van der Waals surface area contributed by atoms with Gasteiger partial charge in [-0.1, -0.05) is 0 Å². The Morgan fingerprint density at radius 2 is 2.05 bits per heavy atom. The summed E-state index contributed by atoms with van der Waals surface area (Å²) in [6, 6.07) is 3.96. The van der Waals surface area contributed by atoms with Gasteiger partial charge in [-0.05, 0) is 24.0 Å². The minimum absolute atomic E-state index is 0.404. The van der Waals surface area contributed by atoms with E-state index in [0.717, 1.165) is 22.0 Å². The maximum atomic E-state index is 10.2. The first kappa shape index (κ1) is 16.4. The monoisotopic (exact) mass is 313 g/mol. The molecule has 2 N–H and O–H groups in total. The van der Waals surface area contributed by atoms with Gasteiger partial charge in [-0.3, -0.25) is 0 Å². The van der Waals surface area contributed by atoms with E-state index >= 15 is 0 Å². The van der Waals surface area contributed by atoms with Gasteiger partial charge in [-0.15, -0.1) is 11.8 Å². The second-order valence-electron chi connectivity index (χ2n) is 5.15. The third-order valence-electron chi connectivity index (χ3n) is 3.64. The van der Waals surface area contributed by atoms with Crippen LogP contribution in [0.1, 0.15) is 12.0 Å². The Bertz CT molecular complexity index is 475. The van der Waals surface area contributed by atoms with Crippen molar-refractivity contribution in [2.75, 3.05) is 40.2 Å². The molecule has 1 atom stereocenters. The van der Waals surface area contributed by atoms with E-state index in [9.17, 15) is 5.11 Å². The van der Waals surface area contributed by atoms with E-state index in [-0.39, 0.29) is 0 Å². The average molecular weight is 313 g/mol. The second-order valence-corrected chi connectivity index (χ2v) is 6.00. The molecule has 5 nitrogen and oxygen atoms in total. The van der Waals surface area contributed by atoms with Gasteiger partial charge in [-0.2, -0.15) is 0 Å². The van der Waals surface area contributed by atoms with E-state index in [1.807, 2.05) is 18.4 Å². The van der Waals surface area contributed by atoms with E-state index < -0.39 is 5.60 Å². The lowest BCUT2D eigenvalue weighted by molar-refractivity contribution is 0.0268. The van der Waals surface area contributed by atoms with E-state index in [2.05, 4.69) is 5.32 Å². The van der Waals surface area contributed by atoms with E-state index in [0.29, 0.717) is 32.7 Å². The largest absolute Gasteiger partial charge is 0.493 e. The van der Waals surface area contributed by atoms with Crippen LogP contribution in [0, 0.1) is 0 Å². The molecule has 1 saturated heterocycles. The molecule has 1 aromatic rings. The Balaban J connectivity index is 2.04. The molecule has 0 radical (unpaired) electrons. The molecule has 0 bridgehead atoms. The van der Waals surface area contributed by atoms with E-state index in [4.69, 9.17) is 14.2 Å². The molecule has 1 heterocycles. The van der Waals surface area contributed by atoms with Crippen molar-refractivity contribution in [1.82, 2.24) is 5.32 Å². The third kappa shape index (κ3) is 4.03. The van der Waals surface area contributed by atoms with Crippen molar-refractivity contribution in [3.05, 3.63) is 17.7 Å². The number of thioether (sulfide) groups is 1. The minimum atomic E-state index is -0.740. The van der Waals surface area contributed by atoms with Gasteiger partial charge < -0.3 is 24.6 Å². The van der Waals surface area contributed by atoms with Gasteiger partial charge in [0.05, 0.1) is 20.8 Å². The van der Waals surface area contributed by atoms with Crippen molar-refractivity contribution in [2.24, 2.45) is 0 Å². The fraction of sp³-hybridized carbons (Fsp3) is 0.600. The molecule has 21 heavy (non-hydrogen) atoms.